The van der Waals surface area contributed by atoms with Crippen molar-refractivity contribution < 1.29 is 24.3 Å². The molecule has 0 aliphatic carbocycles. The third-order valence-electron chi connectivity index (χ3n) is 4.65. The number of carboxylic acid groups (broad SMARTS) is 1. The number of aromatic nitrogens is 3. The van der Waals surface area contributed by atoms with E-state index in [9.17, 15) is 19.5 Å². The smallest absolute Gasteiger partial charge is 0.353 e. The van der Waals surface area contributed by atoms with Crippen LogP contribution in [-0.2, 0) is 19.2 Å². The third kappa shape index (κ3) is 4.96. The van der Waals surface area contributed by atoms with Gasteiger partial charge in [-0.2, -0.15) is 4.98 Å². The summed E-state index contributed by atoms with van der Waals surface area (Å²) < 4.78 is 0. The maximum absolute atomic E-state index is 13.0. The number of aliphatic carboxylic acids is 1. The lowest BCUT2D eigenvalue weighted by molar-refractivity contribution is -0.150. The van der Waals surface area contributed by atoms with E-state index in [1.807, 2.05) is 0 Å². The first kappa shape index (κ1) is 24.6. The summed E-state index contributed by atoms with van der Waals surface area (Å²) in [6.45, 7) is 1.90. The molecule has 2 aliphatic rings. The first-order valence-electron chi connectivity index (χ1n) is 9.90. The number of β-lactam (4-membered cyclic amide) rings is 1. The fourth-order valence-corrected chi connectivity index (χ4v) is 6.28. The minimum atomic E-state index is -1.29. The second kappa shape index (κ2) is 9.96. The number of amides is 2. The van der Waals surface area contributed by atoms with E-state index in [4.69, 9.17) is 22.0 Å². The monoisotopic (exact) mass is 537 g/mol. The largest absolute Gasteiger partial charge is 0.477 e. The molecule has 2 aromatic rings. The predicted molar refractivity (Wildman–Crippen MR) is 131 cm³/mol. The molecule has 1 fully saturated rings. The van der Waals surface area contributed by atoms with Gasteiger partial charge < -0.3 is 32.5 Å². The molecule has 4 rings (SSSR count). The first-order valence-corrected chi connectivity index (χ1v) is 12.6. The molecule has 184 valence electrons. The van der Waals surface area contributed by atoms with Crippen molar-refractivity contribution in [3.05, 3.63) is 27.7 Å². The predicted octanol–water partition coefficient (Wildman–Crippen LogP) is -0.0913. The van der Waals surface area contributed by atoms with Crippen LogP contribution < -0.4 is 22.5 Å². The number of carbonyl (C=O) groups is 3. The summed E-state index contributed by atoms with van der Waals surface area (Å²) in [5, 5.41) is 17.7. The van der Waals surface area contributed by atoms with Crippen molar-refractivity contribution in [3.8, 4) is 0 Å². The highest BCUT2D eigenvalue weighted by Gasteiger charge is 2.54. The third-order valence-corrected chi connectivity index (χ3v) is 7.79. The van der Waals surface area contributed by atoms with E-state index in [0.717, 1.165) is 28.0 Å². The number of nitrogens with one attached hydrogen (secondary N) is 1. The van der Waals surface area contributed by atoms with Gasteiger partial charge in [-0.05, 0) is 6.92 Å². The summed E-state index contributed by atoms with van der Waals surface area (Å²) in [4.78, 5) is 56.3. The van der Waals surface area contributed by atoms with Crippen molar-refractivity contribution in [1.82, 2.24) is 25.2 Å². The summed E-state index contributed by atoms with van der Waals surface area (Å²) in [5.74, 6) is -2.24. The summed E-state index contributed by atoms with van der Waals surface area (Å²) in [7, 11) is 0. The number of thiazole rings is 1. The number of thioether (sulfide) groups is 2. The van der Waals surface area contributed by atoms with E-state index in [1.54, 1.807) is 12.3 Å². The normalized spacial score (nSPS) is 19.7. The SMILES string of the molecule is CCO/N=C(/C(=O)NC1C(=O)N2C(C(=O)O)=C(Sc3cc(N)nc(N)n3)CS[C@H]12)c1csc(N)n1. The van der Waals surface area contributed by atoms with Crippen molar-refractivity contribution in [2.24, 2.45) is 5.16 Å². The van der Waals surface area contributed by atoms with Gasteiger partial charge in [0.05, 0.1) is 0 Å². The number of carbonyl (C=O) groups excluding carboxylic acids is 2. The molecule has 1 saturated heterocycles. The fraction of sp³-hybridized carbons (Fsp3) is 0.278. The van der Waals surface area contributed by atoms with Crippen LogP contribution in [0.25, 0.3) is 0 Å². The Hall–Kier alpha value is -3.57. The Morgan fingerprint density at radius 3 is 2.74 bits per heavy atom. The molecule has 2 aromatic heterocycles. The van der Waals surface area contributed by atoms with E-state index in [0.29, 0.717) is 9.93 Å². The second-order valence-corrected chi connectivity index (χ2v) is 10.1. The van der Waals surface area contributed by atoms with E-state index < -0.39 is 29.2 Å². The van der Waals surface area contributed by atoms with E-state index in [1.165, 1.54) is 17.8 Å². The number of rotatable bonds is 8. The molecule has 0 aromatic carbocycles. The summed E-state index contributed by atoms with van der Waals surface area (Å²) in [5.41, 5.74) is 16.8. The number of anilines is 3. The average molecular weight is 538 g/mol. The topological polar surface area (TPSA) is 225 Å². The Kier molecular flexibility index (Phi) is 6.99. The van der Waals surface area contributed by atoms with Gasteiger partial charge in [-0.1, -0.05) is 16.9 Å². The molecule has 2 aliphatic heterocycles. The zero-order valence-corrected chi connectivity index (χ0v) is 20.4. The van der Waals surface area contributed by atoms with Crippen LogP contribution in [0.4, 0.5) is 16.9 Å². The van der Waals surface area contributed by atoms with Gasteiger partial charge in [0.15, 0.2) is 10.8 Å². The van der Waals surface area contributed by atoms with Gasteiger partial charge in [0, 0.05) is 22.1 Å². The molecule has 17 heteroatoms. The Balaban J connectivity index is 1.54. The molecule has 4 heterocycles. The van der Waals surface area contributed by atoms with Gasteiger partial charge in [0.25, 0.3) is 11.8 Å². The number of nitrogen functional groups attached to an aromatic ring is 3. The van der Waals surface area contributed by atoms with Gasteiger partial charge in [-0.25, -0.2) is 14.8 Å². The number of hydrogen-bond donors (Lipinski definition) is 5. The minimum absolute atomic E-state index is 0.0551. The quantitative estimate of drug-likeness (QED) is 0.129. The molecule has 0 radical (unpaired) electrons. The van der Waals surface area contributed by atoms with Crippen molar-refractivity contribution in [2.45, 2.75) is 23.4 Å². The Morgan fingerprint density at radius 2 is 2.11 bits per heavy atom. The maximum Gasteiger partial charge on any atom is 0.353 e. The highest BCUT2D eigenvalue weighted by atomic mass is 32.2. The summed E-state index contributed by atoms with van der Waals surface area (Å²) in [6, 6.07) is 0.483. The molecular formula is C18H19N9O5S3. The number of nitrogens with zero attached hydrogens (tertiary/aromatic N) is 5. The molecule has 8 N–H and O–H groups in total. The maximum atomic E-state index is 13.0. The molecule has 2 atom stereocenters. The van der Waals surface area contributed by atoms with Crippen molar-refractivity contribution in [2.75, 3.05) is 29.6 Å². The van der Waals surface area contributed by atoms with Gasteiger partial charge in [0.2, 0.25) is 5.95 Å². The molecular weight excluding hydrogens is 518 g/mol. The zero-order valence-electron chi connectivity index (χ0n) is 18.0. The molecule has 14 nitrogen and oxygen atoms in total. The number of carboxylic acids is 1. The highest BCUT2D eigenvalue weighted by Crippen LogP contribution is 2.45. The minimum Gasteiger partial charge on any atom is -0.477 e. The Labute approximate surface area is 210 Å². The molecule has 1 unspecified atom stereocenters. The average Bonchev–Trinajstić information content (AvgIpc) is 3.22. The number of hydrogen-bond acceptors (Lipinski definition) is 14. The lowest BCUT2D eigenvalue weighted by Crippen LogP contribution is -2.71. The Bertz CT molecular complexity index is 1240. The second-order valence-electron chi connectivity index (χ2n) is 6.96. The molecule has 35 heavy (non-hydrogen) atoms. The highest BCUT2D eigenvalue weighted by molar-refractivity contribution is 8.06. The number of nitrogens with two attached hydrogens (primary N) is 3. The van der Waals surface area contributed by atoms with Crippen LogP contribution in [0.1, 0.15) is 12.6 Å². The first-order chi connectivity index (χ1) is 16.7. The summed E-state index contributed by atoms with van der Waals surface area (Å²) >= 11 is 3.44. The van der Waals surface area contributed by atoms with Crippen LogP contribution in [0.15, 0.2) is 32.2 Å². The van der Waals surface area contributed by atoms with E-state index in [-0.39, 0.29) is 46.4 Å². The van der Waals surface area contributed by atoms with Crippen LogP contribution in [-0.4, -0.2) is 72.2 Å². The van der Waals surface area contributed by atoms with Crippen molar-refractivity contribution in [3.63, 3.8) is 0 Å². The number of fused-ring (bicyclic) bond motifs is 1. The van der Waals surface area contributed by atoms with Crippen LogP contribution >= 0.6 is 34.9 Å². The summed E-state index contributed by atoms with van der Waals surface area (Å²) in [6.07, 6.45) is 0. The van der Waals surface area contributed by atoms with Crippen molar-refractivity contribution in [1.29, 1.82) is 0 Å². The van der Waals surface area contributed by atoms with Crippen molar-refractivity contribution >= 4 is 75.3 Å². The molecule has 0 saturated carbocycles. The lowest BCUT2D eigenvalue weighted by Gasteiger charge is -2.49. The fourth-order valence-electron chi connectivity index (χ4n) is 3.25. The van der Waals surface area contributed by atoms with Crippen LogP contribution in [0.5, 0.6) is 0 Å². The van der Waals surface area contributed by atoms with Crippen LogP contribution in [0.2, 0.25) is 0 Å². The molecule has 0 bridgehead atoms. The molecule has 0 spiro atoms. The molecule has 2 amide bonds. The van der Waals surface area contributed by atoms with Gasteiger partial charge >= 0.3 is 5.97 Å². The standard InChI is InChI=1S/C18H19N9O5S3/c1-2-32-26-10(6-4-34-18(21)22-6)13(28)25-11-14(29)27-12(16(30)31)7(5-33-15(11)27)35-9-3-8(19)23-17(20)24-9/h3-4,11,15H,2,5H2,1H3,(H2,21,22)(H,25,28)(H,30,31)(H4,19,20,23,24)/b26-10+/t11?,15-/m1/s1. The Morgan fingerprint density at radius 1 is 1.34 bits per heavy atom. The van der Waals surface area contributed by atoms with Gasteiger partial charge in [-0.15, -0.1) is 23.1 Å². The van der Waals surface area contributed by atoms with Gasteiger partial charge in [-0.3, -0.25) is 14.5 Å². The zero-order chi connectivity index (χ0) is 25.3. The van der Waals surface area contributed by atoms with E-state index in [2.05, 4.69) is 25.4 Å². The van der Waals surface area contributed by atoms with E-state index >= 15 is 0 Å². The van der Waals surface area contributed by atoms with Gasteiger partial charge in [0.1, 0.15) is 40.3 Å². The van der Waals surface area contributed by atoms with Crippen LogP contribution in [0.3, 0.4) is 0 Å². The number of oxime groups is 1. The van der Waals surface area contributed by atoms with Crippen LogP contribution in [0, 0.1) is 0 Å². The lowest BCUT2D eigenvalue weighted by atomic mass is 10.0.